The van der Waals surface area contributed by atoms with E-state index in [1.165, 1.54) is 0 Å². The van der Waals surface area contributed by atoms with Gasteiger partial charge in [0.15, 0.2) is 0 Å². The van der Waals surface area contributed by atoms with E-state index in [0.29, 0.717) is 23.5 Å². The number of amides is 1. The summed E-state index contributed by atoms with van der Waals surface area (Å²) < 4.78 is 5.50. The molecule has 0 saturated carbocycles. The van der Waals surface area contributed by atoms with Gasteiger partial charge in [-0.2, -0.15) is 4.98 Å². The molecule has 140 valence electrons. The fourth-order valence-electron chi connectivity index (χ4n) is 3.85. The number of nitrogens with zero attached hydrogens (tertiary/aromatic N) is 3. The summed E-state index contributed by atoms with van der Waals surface area (Å²) in [6, 6.07) is 8.06. The Bertz CT molecular complexity index is 736. The van der Waals surface area contributed by atoms with E-state index >= 15 is 0 Å². The monoisotopic (exact) mass is 355 g/mol. The molecule has 0 radical (unpaired) electrons. The molecular weight excluding hydrogens is 326 g/mol. The first-order valence-corrected chi connectivity index (χ1v) is 9.79. The Kier molecular flexibility index (Phi) is 6.07. The lowest BCUT2D eigenvalue weighted by Crippen LogP contribution is -2.43. The molecule has 3 rings (SSSR count). The molecule has 0 bridgehead atoms. The minimum atomic E-state index is 0.157. The Hall–Kier alpha value is -2.17. The molecule has 1 aromatic carbocycles. The van der Waals surface area contributed by atoms with Crippen LogP contribution in [0, 0.1) is 18.8 Å². The Balaban J connectivity index is 1.64. The first-order chi connectivity index (χ1) is 12.6. The zero-order valence-electron chi connectivity index (χ0n) is 16.1. The van der Waals surface area contributed by atoms with Gasteiger partial charge in [0.2, 0.25) is 17.6 Å². The third-order valence-electron chi connectivity index (χ3n) is 5.48. The van der Waals surface area contributed by atoms with E-state index in [2.05, 4.69) is 24.0 Å². The summed E-state index contributed by atoms with van der Waals surface area (Å²) in [5.74, 6) is 2.19. The summed E-state index contributed by atoms with van der Waals surface area (Å²) in [7, 11) is 0. The van der Waals surface area contributed by atoms with Crippen LogP contribution in [0.1, 0.15) is 51.0 Å². The molecule has 1 fully saturated rings. The van der Waals surface area contributed by atoms with E-state index in [-0.39, 0.29) is 5.92 Å². The third-order valence-corrected chi connectivity index (χ3v) is 5.48. The van der Waals surface area contributed by atoms with Crippen LogP contribution in [0.25, 0.3) is 11.4 Å². The van der Waals surface area contributed by atoms with Gasteiger partial charge in [0, 0.05) is 31.0 Å². The number of rotatable bonds is 6. The number of carbonyl (C=O) groups excluding carboxylic acids is 1. The molecule has 26 heavy (non-hydrogen) atoms. The molecule has 1 saturated heterocycles. The van der Waals surface area contributed by atoms with Gasteiger partial charge in [0.1, 0.15) is 0 Å². The van der Waals surface area contributed by atoms with Gasteiger partial charge in [-0.05, 0) is 44.1 Å². The van der Waals surface area contributed by atoms with Crippen molar-refractivity contribution in [3.63, 3.8) is 0 Å². The maximum Gasteiger partial charge on any atom is 0.227 e. The summed E-state index contributed by atoms with van der Waals surface area (Å²) in [4.78, 5) is 19.3. The number of benzene rings is 1. The predicted molar refractivity (Wildman–Crippen MR) is 102 cm³/mol. The normalized spacial score (nSPS) is 17.7. The first-order valence-electron chi connectivity index (χ1n) is 9.79. The summed E-state index contributed by atoms with van der Waals surface area (Å²) in [6.45, 7) is 7.92. The second-order valence-electron chi connectivity index (χ2n) is 7.34. The summed E-state index contributed by atoms with van der Waals surface area (Å²) in [6.07, 6.45) is 4.73. The molecular formula is C21H29N3O2. The van der Waals surface area contributed by atoms with Gasteiger partial charge in [-0.15, -0.1) is 0 Å². The maximum atomic E-state index is 12.7. The summed E-state index contributed by atoms with van der Waals surface area (Å²) in [5, 5.41) is 4.16. The number of aryl methyl sites for hydroxylation is 1. The second kappa shape index (κ2) is 8.47. The number of hydrogen-bond donors (Lipinski definition) is 0. The average molecular weight is 355 g/mol. The topological polar surface area (TPSA) is 59.2 Å². The highest BCUT2D eigenvalue weighted by Gasteiger charge is 2.28. The van der Waals surface area contributed by atoms with Gasteiger partial charge in [0.05, 0.1) is 0 Å². The van der Waals surface area contributed by atoms with Gasteiger partial charge >= 0.3 is 0 Å². The Morgan fingerprint density at radius 1 is 1.31 bits per heavy atom. The van der Waals surface area contributed by atoms with Crippen molar-refractivity contribution in [1.29, 1.82) is 0 Å². The van der Waals surface area contributed by atoms with Crippen molar-refractivity contribution in [1.82, 2.24) is 15.0 Å². The molecule has 0 aliphatic carbocycles. The molecule has 5 nitrogen and oxygen atoms in total. The number of piperidine rings is 1. The Morgan fingerprint density at radius 3 is 2.81 bits per heavy atom. The third kappa shape index (κ3) is 4.14. The van der Waals surface area contributed by atoms with Crippen LogP contribution in [-0.2, 0) is 11.2 Å². The van der Waals surface area contributed by atoms with E-state index in [0.717, 1.165) is 56.3 Å². The maximum absolute atomic E-state index is 12.7. The van der Waals surface area contributed by atoms with Crippen LogP contribution in [-0.4, -0.2) is 34.0 Å². The van der Waals surface area contributed by atoms with Gasteiger partial charge in [-0.25, -0.2) is 0 Å². The van der Waals surface area contributed by atoms with Crippen LogP contribution in [0.3, 0.4) is 0 Å². The molecule has 1 aliphatic heterocycles. The minimum absolute atomic E-state index is 0.157. The smallest absolute Gasteiger partial charge is 0.227 e. The van der Waals surface area contributed by atoms with E-state index < -0.39 is 0 Å². The number of aromatic nitrogens is 2. The second-order valence-corrected chi connectivity index (χ2v) is 7.34. The van der Waals surface area contributed by atoms with Crippen molar-refractivity contribution in [3.05, 3.63) is 35.7 Å². The number of carbonyl (C=O) groups is 1. The molecule has 1 aliphatic rings. The molecule has 1 atom stereocenters. The molecule has 1 unspecified atom stereocenters. The van der Waals surface area contributed by atoms with Crippen LogP contribution in [0.15, 0.2) is 28.8 Å². The average Bonchev–Trinajstić information content (AvgIpc) is 3.11. The van der Waals surface area contributed by atoms with Crippen LogP contribution in [0.5, 0.6) is 0 Å². The fraction of sp³-hybridized carbons (Fsp3) is 0.571. The van der Waals surface area contributed by atoms with Crippen molar-refractivity contribution >= 4 is 5.91 Å². The number of likely N-dealkylation sites (tertiary alicyclic amines) is 1. The van der Waals surface area contributed by atoms with Crippen molar-refractivity contribution in [2.45, 2.75) is 52.9 Å². The van der Waals surface area contributed by atoms with Gasteiger partial charge in [0.25, 0.3) is 0 Å². The van der Waals surface area contributed by atoms with Gasteiger partial charge in [-0.1, -0.05) is 43.3 Å². The van der Waals surface area contributed by atoms with Gasteiger partial charge < -0.3 is 9.42 Å². The van der Waals surface area contributed by atoms with Crippen molar-refractivity contribution in [2.24, 2.45) is 11.8 Å². The quantitative estimate of drug-likeness (QED) is 0.777. The predicted octanol–water partition coefficient (Wildman–Crippen LogP) is 4.26. The van der Waals surface area contributed by atoms with Crippen LogP contribution < -0.4 is 0 Å². The van der Waals surface area contributed by atoms with E-state index in [9.17, 15) is 4.79 Å². The standard InChI is InChI=1S/C21H29N3O2/c1-4-17(5-2)21(25)24-12-8-10-16(14-24)13-19-22-20(23-26-19)18-11-7-6-9-15(18)3/h6-7,9,11,16-17H,4-5,8,10,12-14H2,1-3H3. The highest BCUT2D eigenvalue weighted by atomic mass is 16.5. The van der Waals surface area contributed by atoms with Crippen molar-refractivity contribution < 1.29 is 9.32 Å². The largest absolute Gasteiger partial charge is 0.342 e. The van der Waals surface area contributed by atoms with Crippen LogP contribution in [0.4, 0.5) is 0 Å². The molecule has 0 spiro atoms. The lowest BCUT2D eigenvalue weighted by Gasteiger charge is -2.34. The van der Waals surface area contributed by atoms with E-state index in [1.54, 1.807) is 0 Å². The first kappa shape index (κ1) is 18.6. The van der Waals surface area contributed by atoms with Crippen LogP contribution >= 0.6 is 0 Å². The lowest BCUT2D eigenvalue weighted by atomic mass is 9.92. The summed E-state index contributed by atoms with van der Waals surface area (Å²) in [5.41, 5.74) is 2.15. The lowest BCUT2D eigenvalue weighted by molar-refractivity contribution is -0.137. The summed E-state index contributed by atoms with van der Waals surface area (Å²) >= 11 is 0. The Labute approximate surface area is 155 Å². The van der Waals surface area contributed by atoms with E-state index in [1.807, 2.05) is 36.1 Å². The highest BCUT2D eigenvalue weighted by Crippen LogP contribution is 2.25. The molecule has 1 amide bonds. The highest BCUT2D eigenvalue weighted by molar-refractivity contribution is 5.78. The number of hydrogen-bond acceptors (Lipinski definition) is 4. The minimum Gasteiger partial charge on any atom is -0.342 e. The fourth-order valence-corrected chi connectivity index (χ4v) is 3.85. The van der Waals surface area contributed by atoms with Crippen molar-refractivity contribution in [3.8, 4) is 11.4 Å². The zero-order valence-corrected chi connectivity index (χ0v) is 16.1. The van der Waals surface area contributed by atoms with Gasteiger partial charge in [-0.3, -0.25) is 4.79 Å². The SMILES string of the molecule is CCC(CC)C(=O)N1CCCC(Cc2nc(-c3ccccc3C)no2)C1. The molecule has 5 heteroatoms. The van der Waals surface area contributed by atoms with E-state index in [4.69, 9.17) is 4.52 Å². The van der Waals surface area contributed by atoms with Crippen molar-refractivity contribution in [2.75, 3.05) is 13.1 Å². The van der Waals surface area contributed by atoms with Crippen LogP contribution in [0.2, 0.25) is 0 Å². The zero-order chi connectivity index (χ0) is 18.5. The molecule has 2 aromatic rings. The Morgan fingerprint density at radius 2 is 2.08 bits per heavy atom. The molecule has 0 N–H and O–H groups in total. The molecule has 1 aromatic heterocycles. The molecule has 2 heterocycles.